The topological polar surface area (TPSA) is 29.5 Å². The maximum atomic E-state index is 11.5. The summed E-state index contributed by atoms with van der Waals surface area (Å²) >= 11 is 4.91. The SMILES string of the molecule is COC(=O)C(c1ccc(Br)s1)N(C)C. The number of ether oxygens (including phenoxy) is 1. The van der Waals surface area contributed by atoms with Gasteiger partial charge in [-0.3, -0.25) is 4.90 Å². The maximum Gasteiger partial charge on any atom is 0.328 e. The highest BCUT2D eigenvalue weighted by molar-refractivity contribution is 9.11. The standard InChI is InChI=1S/C9H12BrNO2S/c1-11(2)8(9(12)13-3)6-4-5-7(10)14-6/h4-5,8H,1-3H3. The van der Waals surface area contributed by atoms with Crippen molar-refractivity contribution >= 4 is 33.2 Å². The minimum Gasteiger partial charge on any atom is -0.468 e. The molecule has 0 aliphatic rings. The van der Waals surface area contributed by atoms with Crippen LogP contribution in [-0.2, 0) is 9.53 Å². The fourth-order valence-corrected chi connectivity index (χ4v) is 2.78. The number of thiophene rings is 1. The van der Waals surface area contributed by atoms with Gasteiger partial charge in [-0.05, 0) is 42.2 Å². The first-order valence-corrected chi connectivity index (χ1v) is 5.66. The molecular formula is C9H12BrNO2S. The summed E-state index contributed by atoms with van der Waals surface area (Å²) in [5.41, 5.74) is 0. The molecule has 0 spiro atoms. The van der Waals surface area contributed by atoms with Gasteiger partial charge in [-0.1, -0.05) is 0 Å². The van der Waals surface area contributed by atoms with E-state index in [1.165, 1.54) is 7.11 Å². The van der Waals surface area contributed by atoms with Gasteiger partial charge in [0.15, 0.2) is 0 Å². The maximum absolute atomic E-state index is 11.5. The smallest absolute Gasteiger partial charge is 0.328 e. The number of nitrogens with zero attached hydrogens (tertiary/aromatic N) is 1. The largest absolute Gasteiger partial charge is 0.468 e. The number of esters is 1. The zero-order valence-corrected chi connectivity index (χ0v) is 10.7. The molecule has 3 nitrogen and oxygen atoms in total. The van der Waals surface area contributed by atoms with Crippen molar-refractivity contribution in [3.63, 3.8) is 0 Å². The van der Waals surface area contributed by atoms with Crippen LogP contribution in [0, 0.1) is 0 Å². The Labute approximate surface area is 95.8 Å². The minimum atomic E-state index is -0.309. The van der Waals surface area contributed by atoms with Crippen molar-refractivity contribution in [3.8, 4) is 0 Å². The van der Waals surface area contributed by atoms with Gasteiger partial charge in [0.2, 0.25) is 0 Å². The van der Waals surface area contributed by atoms with Gasteiger partial charge in [0, 0.05) is 4.88 Å². The summed E-state index contributed by atoms with van der Waals surface area (Å²) in [4.78, 5) is 14.3. The molecule has 1 rings (SSSR count). The Morgan fingerprint density at radius 2 is 2.21 bits per heavy atom. The molecule has 0 saturated heterocycles. The lowest BCUT2D eigenvalue weighted by atomic mass is 10.2. The minimum absolute atomic E-state index is 0.232. The number of halogens is 1. The van der Waals surface area contributed by atoms with Gasteiger partial charge < -0.3 is 4.74 Å². The molecule has 1 unspecified atom stereocenters. The third-order valence-corrected chi connectivity index (χ3v) is 3.48. The van der Waals surface area contributed by atoms with Crippen LogP contribution in [0.25, 0.3) is 0 Å². The summed E-state index contributed by atoms with van der Waals surface area (Å²) in [6.45, 7) is 0. The van der Waals surface area contributed by atoms with Gasteiger partial charge in [0.25, 0.3) is 0 Å². The Balaban J connectivity index is 2.94. The molecule has 1 aromatic heterocycles. The molecule has 1 atom stereocenters. The Bertz CT molecular complexity index is 324. The number of hydrogen-bond donors (Lipinski definition) is 0. The first kappa shape index (κ1) is 11.7. The molecule has 5 heteroatoms. The average molecular weight is 278 g/mol. The van der Waals surface area contributed by atoms with E-state index < -0.39 is 0 Å². The van der Waals surface area contributed by atoms with Crippen LogP contribution in [-0.4, -0.2) is 32.1 Å². The van der Waals surface area contributed by atoms with Gasteiger partial charge in [0.1, 0.15) is 6.04 Å². The predicted octanol–water partition coefficient (Wildman–Crippen LogP) is 2.29. The molecule has 0 radical (unpaired) electrons. The summed E-state index contributed by atoms with van der Waals surface area (Å²) in [5.74, 6) is -0.232. The molecule has 0 aliphatic heterocycles. The van der Waals surface area contributed by atoms with E-state index in [1.54, 1.807) is 11.3 Å². The second-order valence-electron chi connectivity index (χ2n) is 3.03. The van der Waals surface area contributed by atoms with Gasteiger partial charge in [-0.15, -0.1) is 11.3 Å². The lowest BCUT2D eigenvalue weighted by Gasteiger charge is -2.20. The first-order chi connectivity index (χ1) is 6.56. The van der Waals surface area contributed by atoms with E-state index in [-0.39, 0.29) is 12.0 Å². The summed E-state index contributed by atoms with van der Waals surface area (Å²) in [7, 11) is 5.12. The third kappa shape index (κ3) is 2.56. The van der Waals surface area contributed by atoms with Crippen molar-refractivity contribution in [2.24, 2.45) is 0 Å². The molecule has 1 aromatic rings. The highest BCUT2D eigenvalue weighted by atomic mass is 79.9. The second-order valence-corrected chi connectivity index (χ2v) is 5.53. The van der Waals surface area contributed by atoms with Crippen LogP contribution in [0.2, 0.25) is 0 Å². The summed E-state index contributed by atoms with van der Waals surface area (Å²) < 4.78 is 5.76. The molecule has 0 aliphatic carbocycles. The number of hydrogen-bond acceptors (Lipinski definition) is 4. The molecular weight excluding hydrogens is 266 g/mol. The molecule has 1 heterocycles. The number of rotatable bonds is 3. The van der Waals surface area contributed by atoms with Gasteiger partial charge >= 0.3 is 5.97 Å². The Morgan fingerprint density at radius 3 is 2.57 bits per heavy atom. The number of carbonyl (C=O) groups excluding carboxylic acids is 1. The molecule has 0 fully saturated rings. The van der Waals surface area contributed by atoms with Gasteiger partial charge in [-0.2, -0.15) is 0 Å². The highest BCUT2D eigenvalue weighted by Gasteiger charge is 2.24. The van der Waals surface area contributed by atoms with Crippen LogP contribution in [0.15, 0.2) is 15.9 Å². The number of carbonyl (C=O) groups is 1. The Hall–Kier alpha value is -0.390. The third-order valence-electron chi connectivity index (χ3n) is 1.80. The number of methoxy groups -OCH3 is 1. The molecule has 0 aromatic carbocycles. The van der Waals surface area contributed by atoms with Crippen molar-refractivity contribution in [2.75, 3.05) is 21.2 Å². The average Bonchev–Trinajstić information content (AvgIpc) is 2.51. The fourth-order valence-electron chi connectivity index (χ4n) is 1.17. The molecule has 0 saturated carbocycles. The zero-order valence-electron chi connectivity index (χ0n) is 8.28. The molecule has 0 bridgehead atoms. The summed E-state index contributed by atoms with van der Waals surface area (Å²) in [5, 5.41) is 0. The quantitative estimate of drug-likeness (QED) is 0.794. The van der Waals surface area contributed by atoms with Gasteiger partial charge in [-0.25, -0.2) is 4.79 Å². The molecule has 0 N–H and O–H groups in total. The Morgan fingerprint density at radius 1 is 1.57 bits per heavy atom. The van der Waals surface area contributed by atoms with E-state index in [2.05, 4.69) is 15.9 Å². The van der Waals surface area contributed by atoms with Crippen molar-refractivity contribution in [1.82, 2.24) is 4.90 Å². The monoisotopic (exact) mass is 277 g/mol. The Kier molecular flexibility index (Phi) is 4.10. The van der Waals surface area contributed by atoms with Crippen molar-refractivity contribution in [1.29, 1.82) is 0 Å². The van der Waals surface area contributed by atoms with E-state index in [0.717, 1.165) is 8.66 Å². The molecule has 14 heavy (non-hydrogen) atoms. The van der Waals surface area contributed by atoms with Crippen LogP contribution < -0.4 is 0 Å². The molecule has 78 valence electrons. The van der Waals surface area contributed by atoms with Crippen LogP contribution in [0.1, 0.15) is 10.9 Å². The first-order valence-electron chi connectivity index (χ1n) is 4.05. The molecule has 0 amide bonds. The van der Waals surface area contributed by atoms with Crippen LogP contribution in [0.4, 0.5) is 0 Å². The number of likely N-dealkylation sites (N-methyl/N-ethyl adjacent to an activating group) is 1. The van der Waals surface area contributed by atoms with E-state index in [9.17, 15) is 4.79 Å². The predicted molar refractivity (Wildman–Crippen MR) is 60.5 cm³/mol. The summed E-state index contributed by atoms with van der Waals surface area (Å²) in [6.07, 6.45) is 0. The van der Waals surface area contributed by atoms with Crippen molar-refractivity contribution in [3.05, 3.63) is 20.8 Å². The van der Waals surface area contributed by atoms with Crippen LogP contribution >= 0.6 is 27.3 Å². The highest BCUT2D eigenvalue weighted by Crippen LogP contribution is 2.30. The fraction of sp³-hybridized carbons (Fsp3) is 0.444. The van der Waals surface area contributed by atoms with Crippen molar-refractivity contribution in [2.45, 2.75) is 6.04 Å². The summed E-state index contributed by atoms with van der Waals surface area (Å²) in [6, 6.07) is 3.55. The van der Waals surface area contributed by atoms with Crippen LogP contribution in [0.5, 0.6) is 0 Å². The van der Waals surface area contributed by atoms with E-state index in [0.29, 0.717) is 0 Å². The van der Waals surface area contributed by atoms with E-state index in [1.807, 2.05) is 31.1 Å². The lowest BCUT2D eigenvalue weighted by molar-refractivity contribution is -0.146. The van der Waals surface area contributed by atoms with E-state index >= 15 is 0 Å². The normalized spacial score (nSPS) is 12.9. The second kappa shape index (κ2) is 4.91. The van der Waals surface area contributed by atoms with Crippen molar-refractivity contribution < 1.29 is 9.53 Å². The van der Waals surface area contributed by atoms with Crippen LogP contribution in [0.3, 0.4) is 0 Å². The van der Waals surface area contributed by atoms with E-state index in [4.69, 9.17) is 4.74 Å². The lowest BCUT2D eigenvalue weighted by Crippen LogP contribution is -2.27. The van der Waals surface area contributed by atoms with Gasteiger partial charge in [0.05, 0.1) is 10.9 Å². The zero-order chi connectivity index (χ0) is 10.7.